The van der Waals surface area contributed by atoms with E-state index < -0.39 is 6.03 Å². The number of carbonyl (C=O) groups excluding carboxylic acids is 1. The number of morpholine rings is 1. The van der Waals surface area contributed by atoms with E-state index in [1.165, 1.54) is 0 Å². The number of hydrogen-bond acceptors (Lipinski definition) is 4. The summed E-state index contributed by atoms with van der Waals surface area (Å²) < 4.78 is 7.02. The van der Waals surface area contributed by atoms with E-state index in [1.807, 2.05) is 59.5 Å². The van der Waals surface area contributed by atoms with Crippen LogP contribution >= 0.6 is 0 Å². The second-order valence-electron chi connectivity index (χ2n) is 5.80. The molecule has 0 radical (unpaired) electrons. The molecular weight excluding hydrogens is 332 g/mol. The van der Waals surface area contributed by atoms with E-state index in [0.29, 0.717) is 38.0 Å². The lowest BCUT2D eigenvalue weighted by molar-refractivity contribution is 0.0664. The predicted octanol–water partition coefficient (Wildman–Crippen LogP) is 2.20. The third-order valence-electron chi connectivity index (χ3n) is 4.06. The number of urea groups is 1. The molecule has 2 amide bonds. The van der Waals surface area contributed by atoms with Crippen molar-refractivity contribution in [2.45, 2.75) is 0 Å². The number of nitrogens with zero attached hydrogens (tertiary/aromatic N) is 5. The van der Waals surface area contributed by atoms with Crippen molar-refractivity contribution in [2.24, 2.45) is 4.99 Å². The highest BCUT2D eigenvalue weighted by atomic mass is 16.5. The van der Waals surface area contributed by atoms with Crippen molar-refractivity contribution in [1.29, 1.82) is 0 Å². The number of amides is 2. The van der Waals surface area contributed by atoms with E-state index in [4.69, 9.17) is 4.74 Å². The topological polar surface area (TPSA) is 84.6 Å². The van der Waals surface area contributed by atoms with Crippen LogP contribution in [0.4, 0.5) is 10.5 Å². The molecule has 2 aromatic carbocycles. The predicted molar refractivity (Wildman–Crippen MR) is 98.2 cm³/mol. The van der Waals surface area contributed by atoms with Gasteiger partial charge in [-0.15, -0.1) is 5.10 Å². The first kappa shape index (κ1) is 16.2. The molecule has 8 heteroatoms. The van der Waals surface area contributed by atoms with E-state index in [1.54, 1.807) is 4.68 Å². The van der Waals surface area contributed by atoms with Crippen LogP contribution in [0.25, 0.3) is 11.0 Å². The Balaban J connectivity index is 1.69. The van der Waals surface area contributed by atoms with Gasteiger partial charge in [0.15, 0.2) is 0 Å². The van der Waals surface area contributed by atoms with Crippen molar-refractivity contribution in [2.75, 3.05) is 31.6 Å². The van der Waals surface area contributed by atoms with Crippen molar-refractivity contribution in [3.63, 3.8) is 0 Å². The van der Waals surface area contributed by atoms with E-state index >= 15 is 0 Å². The summed E-state index contributed by atoms with van der Waals surface area (Å²) >= 11 is 0. The summed E-state index contributed by atoms with van der Waals surface area (Å²) in [5.41, 5.74) is 2.23. The summed E-state index contributed by atoms with van der Waals surface area (Å²) in [5.74, 6) is 0.440. The van der Waals surface area contributed by atoms with Gasteiger partial charge in [-0.1, -0.05) is 35.5 Å². The molecule has 0 bridgehead atoms. The maximum absolute atomic E-state index is 12.5. The van der Waals surface area contributed by atoms with Crippen LogP contribution in [0.15, 0.2) is 59.6 Å². The fourth-order valence-electron chi connectivity index (χ4n) is 2.80. The van der Waals surface area contributed by atoms with E-state index in [9.17, 15) is 4.79 Å². The Morgan fingerprint density at radius 1 is 1.04 bits per heavy atom. The number of benzene rings is 2. The molecule has 1 saturated heterocycles. The van der Waals surface area contributed by atoms with E-state index in [-0.39, 0.29) is 0 Å². The lowest BCUT2D eigenvalue weighted by Crippen LogP contribution is -2.44. The fourth-order valence-corrected chi connectivity index (χ4v) is 2.80. The summed E-state index contributed by atoms with van der Waals surface area (Å²) in [6, 6.07) is 16.3. The Bertz CT molecular complexity index is 931. The van der Waals surface area contributed by atoms with Gasteiger partial charge in [0.05, 0.1) is 18.7 Å². The Labute approximate surface area is 150 Å². The molecular formula is C18H18N6O2. The summed E-state index contributed by atoms with van der Waals surface area (Å²) in [4.78, 5) is 18.7. The standard InChI is InChI=1S/C18H18N6O2/c25-17(19-14-6-2-1-3-7-14)20-18(23-10-12-26-13-11-23)24-16-9-5-4-8-15(16)21-22-24/h1-9H,10-13H2,(H,19,25)/b20-18-. The van der Waals surface area contributed by atoms with Crippen LogP contribution in [0.3, 0.4) is 0 Å². The first-order chi connectivity index (χ1) is 12.8. The van der Waals surface area contributed by atoms with Gasteiger partial charge in [-0.05, 0) is 24.3 Å². The van der Waals surface area contributed by atoms with Gasteiger partial charge in [-0.3, -0.25) is 0 Å². The van der Waals surface area contributed by atoms with Gasteiger partial charge < -0.3 is 15.0 Å². The maximum Gasteiger partial charge on any atom is 0.348 e. The lowest BCUT2D eigenvalue weighted by Gasteiger charge is -2.29. The van der Waals surface area contributed by atoms with Gasteiger partial charge in [-0.25, -0.2) is 4.79 Å². The van der Waals surface area contributed by atoms with Crippen molar-refractivity contribution >= 4 is 28.7 Å². The minimum absolute atomic E-state index is 0.440. The molecule has 1 aromatic heterocycles. The van der Waals surface area contributed by atoms with Crippen LogP contribution in [0, 0.1) is 0 Å². The molecule has 1 fully saturated rings. The summed E-state index contributed by atoms with van der Waals surface area (Å²) in [5, 5.41) is 11.1. The van der Waals surface area contributed by atoms with Crippen LogP contribution < -0.4 is 5.32 Å². The molecule has 0 atom stereocenters. The highest BCUT2D eigenvalue weighted by molar-refractivity contribution is 6.01. The minimum atomic E-state index is -0.461. The number of rotatable bonds is 1. The highest BCUT2D eigenvalue weighted by Gasteiger charge is 2.21. The SMILES string of the molecule is O=C(/N=C(/N1CCOCC1)n1nnc2ccccc21)Nc1ccccc1. The highest BCUT2D eigenvalue weighted by Crippen LogP contribution is 2.13. The van der Waals surface area contributed by atoms with Gasteiger partial charge in [-0.2, -0.15) is 9.67 Å². The minimum Gasteiger partial charge on any atom is -0.378 e. The third kappa shape index (κ3) is 3.40. The van der Waals surface area contributed by atoms with Crippen LogP contribution in [0.2, 0.25) is 0 Å². The van der Waals surface area contributed by atoms with Crippen LogP contribution in [0.1, 0.15) is 0 Å². The average molecular weight is 350 g/mol. The molecule has 0 saturated carbocycles. The largest absolute Gasteiger partial charge is 0.378 e. The van der Waals surface area contributed by atoms with Crippen molar-refractivity contribution < 1.29 is 9.53 Å². The maximum atomic E-state index is 12.5. The lowest BCUT2D eigenvalue weighted by atomic mass is 10.3. The number of fused-ring (bicyclic) bond motifs is 1. The number of ether oxygens (including phenoxy) is 1. The van der Waals surface area contributed by atoms with Gasteiger partial charge in [0.25, 0.3) is 0 Å². The number of nitrogens with one attached hydrogen (secondary N) is 1. The van der Waals surface area contributed by atoms with Crippen molar-refractivity contribution in [3.8, 4) is 0 Å². The molecule has 26 heavy (non-hydrogen) atoms. The Morgan fingerprint density at radius 3 is 2.58 bits per heavy atom. The normalized spacial score (nSPS) is 15.2. The summed E-state index contributed by atoms with van der Waals surface area (Å²) in [6.07, 6.45) is 0. The first-order valence-electron chi connectivity index (χ1n) is 8.39. The number of carbonyl (C=O) groups is 1. The molecule has 1 aliphatic rings. The second kappa shape index (κ2) is 7.32. The summed E-state index contributed by atoms with van der Waals surface area (Å²) in [6.45, 7) is 2.41. The monoisotopic (exact) mass is 350 g/mol. The second-order valence-corrected chi connectivity index (χ2v) is 5.80. The van der Waals surface area contributed by atoms with Gasteiger partial charge in [0.2, 0.25) is 5.96 Å². The number of aliphatic imine (C=N–C) groups is 1. The molecule has 4 rings (SSSR count). The molecule has 1 N–H and O–H groups in total. The Kier molecular flexibility index (Phi) is 4.57. The Morgan fingerprint density at radius 2 is 1.77 bits per heavy atom. The molecule has 0 aliphatic carbocycles. The van der Waals surface area contributed by atoms with E-state index in [2.05, 4.69) is 20.6 Å². The quantitative estimate of drug-likeness (QED) is 0.537. The number of aromatic nitrogens is 3. The number of anilines is 1. The molecule has 2 heterocycles. The van der Waals surface area contributed by atoms with Gasteiger partial charge >= 0.3 is 6.03 Å². The van der Waals surface area contributed by atoms with Crippen molar-refractivity contribution in [3.05, 3.63) is 54.6 Å². The van der Waals surface area contributed by atoms with E-state index in [0.717, 1.165) is 11.0 Å². The Hall–Kier alpha value is -3.26. The van der Waals surface area contributed by atoms with Crippen molar-refractivity contribution in [1.82, 2.24) is 19.9 Å². The smallest absolute Gasteiger partial charge is 0.348 e. The summed E-state index contributed by atoms with van der Waals surface area (Å²) in [7, 11) is 0. The zero-order valence-corrected chi connectivity index (χ0v) is 14.1. The zero-order chi connectivity index (χ0) is 17.8. The number of hydrogen-bond donors (Lipinski definition) is 1. The molecule has 8 nitrogen and oxygen atoms in total. The third-order valence-corrected chi connectivity index (χ3v) is 4.06. The zero-order valence-electron chi connectivity index (χ0n) is 14.1. The number of para-hydroxylation sites is 2. The molecule has 0 unspecified atom stereocenters. The first-order valence-corrected chi connectivity index (χ1v) is 8.39. The van der Waals surface area contributed by atoms with Crippen LogP contribution in [-0.4, -0.2) is 58.2 Å². The van der Waals surface area contributed by atoms with Gasteiger partial charge in [0, 0.05) is 18.8 Å². The fraction of sp³-hybridized carbons (Fsp3) is 0.222. The average Bonchev–Trinajstić information content (AvgIpc) is 3.11. The molecule has 0 spiro atoms. The van der Waals surface area contributed by atoms with Gasteiger partial charge in [0.1, 0.15) is 5.52 Å². The molecule has 1 aliphatic heterocycles. The van der Waals surface area contributed by atoms with Crippen LogP contribution in [-0.2, 0) is 4.74 Å². The molecule has 132 valence electrons. The molecule has 3 aromatic rings. The van der Waals surface area contributed by atoms with Crippen LogP contribution in [0.5, 0.6) is 0 Å².